The van der Waals surface area contributed by atoms with E-state index in [0.29, 0.717) is 4.83 Å². The standard InChI is InChI=1S/C12H14BrCl/c1-7-6-11(14)8(2)5-10(7)12(13)9-3-4-9/h5-6,9,12H,3-4H2,1-2H3. The lowest BCUT2D eigenvalue weighted by Crippen LogP contribution is -1.96. The molecule has 14 heavy (non-hydrogen) atoms. The number of rotatable bonds is 2. The minimum absolute atomic E-state index is 0.526. The van der Waals surface area contributed by atoms with Gasteiger partial charge in [-0.3, -0.25) is 0 Å². The smallest absolute Gasteiger partial charge is 0.0438 e. The monoisotopic (exact) mass is 272 g/mol. The van der Waals surface area contributed by atoms with E-state index in [2.05, 4.69) is 41.9 Å². The molecule has 0 radical (unpaired) electrons. The number of aryl methyl sites for hydroxylation is 2. The van der Waals surface area contributed by atoms with Crippen molar-refractivity contribution in [2.45, 2.75) is 31.5 Å². The van der Waals surface area contributed by atoms with Gasteiger partial charge in [0.2, 0.25) is 0 Å². The van der Waals surface area contributed by atoms with Crippen LogP contribution in [0.5, 0.6) is 0 Å². The number of benzene rings is 1. The summed E-state index contributed by atoms with van der Waals surface area (Å²) in [6.45, 7) is 4.20. The average molecular weight is 274 g/mol. The maximum absolute atomic E-state index is 6.07. The Labute approximate surface area is 98.8 Å². The molecule has 1 atom stereocenters. The van der Waals surface area contributed by atoms with Gasteiger partial charge in [-0.05, 0) is 55.4 Å². The van der Waals surface area contributed by atoms with E-state index in [4.69, 9.17) is 11.6 Å². The van der Waals surface area contributed by atoms with Gasteiger partial charge in [-0.25, -0.2) is 0 Å². The van der Waals surface area contributed by atoms with Crippen molar-refractivity contribution in [3.8, 4) is 0 Å². The predicted octanol–water partition coefficient (Wildman–Crippen LogP) is 4.80. The highest BCUT2D eigenvalue weighted by atomic mass is 79.9. The maximum Gasteiger partial charge on any atom is 0.0438 e. The average Bonchev–Trinajstić information content (AvgIpc) is 2.93. The fourth-order valence-corrected chi connectivity index (χ4v) is 2.98. The molecule has 76 valence electrons. The first-order valence-corrected chi connectivity index (χ1v) is 6.29. The first kappa shape index (κ1) is 10.5. The molecule has 0 heterocycles. The normalized spacial score (nSPS) is 18.3. The van der Waals surface area contributed by atoms with E-state index in [1.807, 2.05) is 0 Å². The Hall–Kier alpha value is -0.0100. The van der Waals surface area contributed by atoms with Gasteiger partial charge in [-0.15, -0.1) is 0 Å². The van der Waals surface area contributed by atoms with Gasteiger partial charge in [-0.2, -0.15) is 0 Å². The Bertz CT molecular complexity index is 356. The van der Waals surface area contributed by atoms with Crippen LogP contribution in [-0.2, 0) is 0 Å². The predicted molar refractivity (Wildman–Crippen MR) is 65.3 cm³/mol. The second-order valence-electron chi connectivity index (χ2n) is 4.20. The summed E-state index contributed by atoms with van der Waals surface area (Å²) >= 11 is 9.85. The van der Waals surface area contributed by atoms with Crippen LogP contribution >= 0.6 is 27.5 Å². The molecule has 0 amide bonds. The molecule has 1 aliphatic carbocycles. The molecule has 0 bridgehead atoms. The van der Waals surface area contributed by atoms with E-state index in [-0.39, 0.29) is 0 Å². The van der Waals surface area contributed by atoms with Crippen LogP contribution in [0.3, 0.4) is 0 Å². The lowest BCUT2D eigenvalue weighted by molar-refractivity contribution is 0.816. The summed E-state index contributed by atoms with van der Waals surface area (Å²) in [5, 5.41) is 0.877. The highest BCUT2D eigenvalue weighted by Crippen LogP contribution is 2.47. The van der Waals surface area contributed by atoms with Gasteiger partial charge in [0.05, 0.1) is 0 Å². The van der Waals surface area contributed by atoms with Crippen LogP contribution in [0.15, 0.2) is 12.1 Å². The molecule has 0 aliphatic heterocycles. The summed E-state index contributed by atoms with van der Waals surface area (Å²) in [5.74, 6) is 0.842. The van der Waals surface area contributed by atoms with E-state index in [0.717, 1.165) is 10.9 Å². The zero-order chi connectivity index (χ0) is 10.3. The molecular formula is C12H14BrCl. The van der Waals surface area contributed by atoms with Crippen molar-refractivity contribution in [3.63, 3.8) is 0 Å². The van der Waals surface area contributed by atoms with Crippen molar-refractivity contribution in [2.75, 3.05) is 0 Å². The highest BCUT2D eigenvalue weighted by molar-refractivity contribution is 9.09. The zero-order valence-corrected chi connectivity index (χ0v) is 10.8. The lowest BCUT2D eigenvalue weighted by atomic mass is 10.0. The first-order chi connectivity index (χ1) is 6.59. The summed E-state index contributed by atoms with van der Waals surface area (Å²) in [6.07, 6.45) is 2.72. The second kappa shape index (κ2) is 3.86. The number of hydrogen-bond acceptors (Lipinski definition) is 0. The van der Waals surface area contributed by atoms with E-state index < -0.39 is 0 Å². The molecule has 0 aromatic heterocycles. The molecule has 0 spiro atoms. The summed E-state index contributed by atoms with van der Waals surface area (Å²) < 4.78 is 0. The Morgan fingerprint density at radius 3 is 2.50 bits per heavy atom. The van der Waals surface area contributed by atoms with Crippen LogP contribution in [-0.4, -0.2) is 0 Å². The SMILES string of the molecule is Cc1cc(C(Br)C2CC2)c(C)cc1Cl. The van der Waals surface area contributed by atoms with Crippen molar-refractivity contribution in [3.05, 3.63) is 33.8 Å². The van der Waals surface area contributed by atoms with E-state index in [1.165, 1.54) is 29.5 Å². The second-order valence-corrected chi connectivity index (χ2v) is 5.59. The molecule has 0 saturated heterocycles. The highest BCUT2D eigenvalue weighted by Gasteiger charge is 2.31. The van der Waals surface area contributed by atoms with E-state index in [9.17, 15) is 0 Å². The Morgan fingerprint density at radius 2 is 1.93 bits per heavy atom. The summed E-state index contributed by atoms with van der Waals surface area (Å²) in [6, 6.07) is 4.29. The van der Waals surface area contributed by atoms with E-state index in [1.54, 1.807) is 0 Å². The third-order valence-electron chi connectivity index (χ3n) is 2.88. The third-order valence-corrected chi connectivity index (χ3v) is 4.53. The summed E-state index contributed by atoms with van der Waals surface area (Å²) in [5.41, 5.74) is 3.89. The number of halogens is 2. The number of hydrogen-bond donors (Lipinski definition) is 0. The minimum atomic E-state index is 0.526. The van der Waals surface area contributed by atoms with Crippen molar-refractivity contribution >= 4 is 27.5 Å². The van der Waals surface area contributed by atoms with Crippen molar-refractivity contribution in [1.29, 1.82) is 0 Å². The van der Waals surface area contributed by atoms with Crippen molar-refractivity contribution in [1.82, 2.24) is 0 Å². The minimum Gasteiger partial charge on any atom is -0.0840 e. The van der Waals surface area contributed by atoms with Gasteiger partial charge in [0.25, 0.3) is 0 Å². The molecule has 1 aromatic rings. The molecular weight excluding hydrogens is 259 g/mol. The van der Waals surface area contributed by atoms with Gasteiger partial charge in [0, 0.05) is 9.85 Å². The largest absolute Gasteiger partial charge is 0.0840 e. The van der Waals surface area contributed by atoms with Crippen LogP contribution < -0.4 is 0 Å². The third kappa shape index (κ3) is 1.99. The molecule has 1 saturated carbocycles. The fourth-order valence-electron chi connectivity index (χ4n) is 1.74. The molecule has 0 N–H and O–H groups in total. The van der Waals surface area contributed by atoms with Crippen molar-refractivity contribution in [2.24, 2.45) is 5.92 Å². The van der Waals surface area contributed by atoms with Gasteiger partial charge >= 0.3 is 0 Å². The first-order valence-electron chi connectivity index (χ1n) is 5.00. The molecule has 1 aliphatic rings. The Morgan fingerprint density at radius 1 is 1.29 bits per heavy atom. The zero-order valence-electron chi connectivity index (χ0n) is 8.48. The van der Waals surface area contributed by atoms with Crippen LogP contribution in [0.4, 0.5) is 0 Å². The quantitative estimate of drug-likeness (QED) is 0.679. The Balaban J connectivity index is 2.36. The molecule has 1 fully saturated rings. The van der Waals surface area contributed by atoms with Crippen LogP contribution in [0, 0.1) is 19.8 Å². The summed E-state index contributed by atoms with van der Waals surface area (Å²) in [4.78, 5) is 0.526. The van der Waals surface area contributed by atoms with Crippen LogP contribution in [0.1, 0.15) is 34.4 Å². The molecule has 1 aromatic carbocycles. The summed E-state index contributed by atoms with van der Waals surface area (Å²) in [7, 11) is 0. The molecule has 0 nitrogen and oxygen atoms in total. The van der Waals surface area contributed by atoms with Crippen LogP contribution in [0.25, 0.3) is 0 Å². The molecule has 2 heteroatoms. The topological polar surface area (TPSA) is 0 Å². The fraction of sp³-hybridized carbons (Fsp3) is 0.500. The Kier molecular flexibility index (Phi) is 2.90. The van der Waals surface area contributed by atoms with Gasteiger partial charge in [0.15, 0.2) is 0 Å². The van der Waals surface area contributed by atoms with Gasteiger partial charge < -0.3 is 0 Å². The molecule has 1 unspecified atom stereocenters. The van der Waals surface area contributed by atoms with Gasteiger partial charge in [-0.1, -0.05) is 33.6 Å². The van der Waals surface area contributed by atoms with E-state index >= 15 is 0 Å². The maximum atomic E-state index is 6.07. The van der Waals surface area contributed by atoms with Gasteiger partial charge in [0.1, 0.15) is 0 Å². The lowest BCUT2D eigenvalue weighted by Gasteiger charge is -2.14. The number of alkyl halides is 1. The van der Waals surface area contributed by atoms with Crippen LogP contribution in [0.2, 0.25) is 5.02 Å². The molecule has 2 rings (SSSR count). The van der Waals surface area contributed by atoms with Crippen molar-refractivity contribution < 1.29 is 0 Å².